The van der Waals surface area contributed by atoms with E-state index in [4.69, 9.17) is 15.9 Å². The highest BCUT2D eigenvalue weighted by Gasteiger charge is 2.25. The van der Waals surface area contributed by atoms with Gasteiger partial charge in [0.15, 0.2) is 11.5 Å². The fraction of sp³-hybridized carbons (Fsp3) is 0.333. The first kappa shape index (κ1) is 27.3. The van der Waals surface area contributed by atoms with Gasteiger partial charge in [-0.15, -0.1) is 10.2 Å². The van der Waals surface area contributed by atoms with Crippen LogP contribution in [0.1, 0.15) is 46.2 Å². The molecule has 1 aliphatic rings. The number of aromatic nitrogens is 3. The summed E-state index contributed by atoms with van der Waals surface area (Å²) in [5.74, 6) is 0.683. The van der Waals surface area contributed by atoms with Gasteiger partial charge in [-0.05, 0) is 68.3 Å². The molecule has 0 bridgehead atoms. The summed E-state index contributed by atoms with van der Waals surface area (Å²) in [5.41, 5.74) is 7.39. The van der Waals surface area contributed by atoms with Crippen LogP contribution >= 0.6 is 0 Å². The number of hydrogen-bond donors (Lipinski definition) is 4. The number of anilines is 3. The molecule has 5 N–H and O–H groups in total. The van der Waals surface area contributed by atoms with Crippen molar-refractivity contribution >= 4 is 35.1 Å². The molecule has 0 radical (unpaired) electrons. The number of hydrogen-bond acceptors (Lipinski definition) is 9. The molecular weight excluding hydrogens is 498 g/mol. The van der Waals surface area contributed by atoms with Gasteiger partial charge in [0, 0.05) is 50.0 Å². The average Bonchev–Trinajstić information content (AvgIpc) is 2.93. The number of nitrogens with one attached hydrogen (secondary N) is 3. The van der Waals surface area contributed by atoms with Gasteiger partial charge < -0.3 is 30.9 Å². The van der Waals surface area contributed by atoms with E-state index in [1.54, 1.807) is 67.5 Å². The minimum Gasteiger partial charge on any atom is -0.494 e. The summed E-state index contributed by atoms with van der Waals surface area (Å²) in [4.78, 5) is 33.0. The lowest BCUT2D eigenvalue weighted by atomic mass is 10.1. The number of ether oxygens (including phenoxy) is 1. The first-order valence-electron chi connectivity index (χ1n) is 12.7. The molecule has 0 aliphatic carbocycles. The minimum absolute atomic E-state index is 0.0822. The molecule has 2 aromatic carbocycles. The molecule has 0 saturated carbocycles. The topological polar surface area (TPSA) is 162 Å². The summed E-state index contributed by atoms with van der Waals surface area (Å²) in [5, 5.41) is 22.5. The van der Waals surface area contributed by atoms with Crippen LogP contribution in [0.3, 0.4) is 0 Å². The second kappa shape index (κ2) is 12.2. The number of rotatable bonds is 9. The molecule has 0 spiro atoms. The Morgan fingerprint density at radius 1 is 1.10 bits per heavy atom. The maximum atomic E-state index is 12.8. The number of carbonyl (C=O) groups is 2. The van der Waals surface area contributed by atoms with Crippen molar-refractivity contribution in [2.24, 2.45) is 5.73 Å². The van der Waals surface area contributed by atoms with E-state index in [0.717, 1.165) is 24.2 Å². The highest BCUT2D eigenvalue weighted by molar-refractivity contribution is 5.97. The van der Waals surface area contributed by atoms with Crippen LogP contribution in [-0.2, 0) is 0 Å². The average molecular weight is 532 g/mol. The number of primary amides is 1. The lowest BCUT2D eigenvalue weighted by molar-refractivity contribution is 0.0931. The third-order valence-corrected chi connectivity index (χ3v) is 6.24. The SMILES string of the molecule is CCOc1ccc(C(=O)NC2CCCN(c3nnc(C(N)=O)c(Nc4ccc(C(=N)N(C)C)cc4)n3)C2)cc1. The van der Waals surface area contributed by atoms with E-state index in [9.17, 15) is 9.59 Å². The number of nitrogens with zero attached hydrogens (tertiary/aromatic N) is 5. The predicted octanol–water partition coefficient (Wildman–Crippen LogP) is 2.40. The highest BCUT2D eigenvalue weighted by atomic mass is 16.5. The van der Waals surface area contributed by atoms with Crippen molar-refractivity contribution in [3.05, 3.63) is 65.4 Å². The number of benzene rings is 2. The predicted molar refractivity (Wildman–Crippen MR) is 149 cm³/mol. The van der Waals surface area contributed by atoms with E-state index < -0.39 is 5.91 Å². The Hall–Kier alpha value is -4.74. The molecule has 204 valence electrons. The molecular formula is C27H33N9O3. The van der Waals surface area contributed by atoms with Crippen molar-refractivity contribution in [1.82, 2.24) is 25.4 Å². The highest BCUT2D eigenvalue weighted by Crippen LogP contribution is 2.23. The zero-order chi connectivity index (χ0) is 27.9. The number of amides is 2. The van der Waals surface area contributed by atoms with Crippen molar-refractivity contribution < 1.29 is 14.3 Å². The number of amidine groups is 1. The van der Waals surface area contributed by atoms with Crippen molar-refractivity contribution in [1.29, 1.82) is 5.41 Å². The first-order chi connectivity index (χ1) is 18.7. The third kappa shape index (κ3) is 6.78. The number of piperidine rings is 1. The molecule has 1 atom stereocenters. The lowest BCUT2D eigenvalue weighted by Crippen LogP contribution is -2.48. The maximum Gasteiger partial charge on any atom is 0.273 e. The molecule has 12 heteroatoms. The van der Waals surface area contributed by atoms with Gasteiger partial charge in [0.1, 0.15) is 11.6 Å². The van der Waals surface area contributed by atoms with Crippen LogP contribution in [0.4, 0.5) is 17.5 Å². The van der Waals surface area contributed by atoms with Gasteiger partial charge in [0.2, 0.25) is 5.95 Å². The Labute approximate surface area is 227 Å². The van der Waals surface area contributed by atoms with Crippen molar-refractivity contribution in [2.75, 3.05) is 44.0 Å². The molecule has 1 aromatic heterocycles. The van der Waals surface area contributed by atoms with Gasteiger partial charge in [-0.1, -0.05) is 0 Å². The van der Waals surface area contributed by atoms with E-state index in [-0.39, 0.29) is 23.5 Å². The quantitative estimate of drug-likeness (QED) is 0.240. The summed E-state index contributed by atoms with van der Waals surface area (Å²) in [6.07, 6.45) is 1.63. The fourth-order valence-corrected chi connectivity index (χ4v) is 4.23. The monoisotopic (exact) mass is 531 g/mol. The van der Waals surface area contributed by atoms with E-state index >= 15 is 0 Å². The fourth-order valence-electron chi connectivity index (χ4n) is 4.23. The summed E-state index contributed by atoms with van der Waals surface area (Å²) in [7, 11) is 3.61. The van der Waals surface area contributed by atoms with Crippen molar-refractivity contribution in [3.63, 3.8) is 0 Å². The zero-order valence-corrected chi connectivity index (χ0v) is 22.3. The molecule has 1 saturated heterocycles. The Kier molecular flexibility index (Phi) is 8.54. The van der Waals surface area contributed by atoms with Crippen molar-refractivity contribution in [3.8, 4) is 5.75 Å². The Balaban J connectivity index is 1.47. The van der Waals surface area contributed by atoms with E-state index in [0.29, 0.717) is 42.7 Å². The molecule has 3 aromatic rings. The van der Waals surface area contributed by atoms with Crippen LogP contribution in [0.5, 0.6) is 5.75 Å². The Bertz CT molecular complexity index is 1330. The Morgan fingerprint density at radius 3 is 2.44 bits per heavy atom. The van der Waals surface area contributed by atoms with Crippen LogP contribution in [0.15, 0.2) is 48.5 Å². The smallest absolute Gasteiger partial charge is 0.273 e. The second-order valence-corrected chi connectivity index (χ2v) is 9.33. The second-order valence-electron chi connectivity index (χ2n) is 9.33. The molecule has 2 heterocycles. The lowest BCUT2D eigenvalue weighted by Gasteiger charge is -2.33. The normalized spacial score (nSPS) is 14.8. The first-order valence-corrected chi connectivity index (χ1v) is 12.7. The van der Waals surface area contributed by atoms with Gasteiger partial charge in [-0.25, -0.2) is 0 Å². The summed E-state index contributed by atoms with van der Waals surface area (Å²) >= 11 is 0. The minimum atomic E-state index is -0.755. The van der Waals surface area contributed by atoms with Crippen LogP contribution in [0.25, 0.3) is 0 Å². The van der Waals surface area contributed by atoms with Crippen LogP contribution < -0.4 is 26.0 Å². The van der Waals surface area contributed by atoms with E-state index in [2.05, 4.69) is 25.8 Å². The van der Waals surface area contributed by atoms with E-state index in [1.165, 1.54) is 0 Å². The summed E-state index contributed by atoms with van der Waals surface area (Å²) in [6, 6.07) is 14.1. The van der Waals surface area contributed by atoms with Gasteiger partial charge >= 0.3 is 0 Å². The Morgan fingerprint density at radius 2 is 1.79 bits per heavy atom. The molecule has 4 rings (SSSR count). The van der Waals surface area contributed by atoms with E-state index in [1.807, 2.05) is 11.8 Å². The molecule has 1 aliphatic heterocycles. The third-order valence-electron chi connectivity index (χ3n) is 6.24. The van der Waals surface area contributed by atoms with Gasteiger partial charge in [0.25, 0.3) is 11.8 Å². The van der Waals surface area contributed by atoms with Gasteiger partial charge in [0.05, 0.1) is 6.61 Å². The van der Waals surface area contributed by atoms with Gasteiger partial charge in [-0.3, -0.25) is 15.0 Å². The number of nitrogens with two attached hydrogens (primary N) is 1. The maximum absolute atomic E-state index is 12.8. The summed E-state index contributed by atoms with van der Waals surface area (Å²) < 4.78 is 5.44. The molecule has 39 heavy (non-hydrogen) atoms. The largest absolute Gasteiger partial charge is 0.494 e. The standard InChI is InChI=1S/C27H33N9O3/c1-4-39-21-13-9-18(10-14-21)26(38)31-20-6-5-15-36(16-20)27-32-25(22(24(29)37)33-34-27)30-19-11-7-17(8-12-19)23(28)35(2)3/h7-14,20,28H,4-6,15-16H2,1-3H3,(H2,29,37)(H,31,38)(H,30,32,34). The summed E-state index contributed by atoms with van der Waals surface area (Å²) in [6.45, 7) is 3.63. The molecule has 12 nitrogen and oxygen atoms in total. The van der Waals surface area contributed by atoms with Crippen LogP contribution in [-0.4, -0.2) is 77.6 Å². The molecule has 2 amide bonds. The van der Waals surface area contributed by atoms with Crippen molar-refractivity contribution in [2.45, 2.75) is 25.8 Å². The molecule has 1 fully saturated rings. The van der Waals surface area contributed by atoms with Gasteiger partial charge in [-0.2, -0.15) is 4.98 Å². The van der Waals surface area contributed by atoms with Crippen LogP contribution in [0.2, 0.25) is 0 Å². The van der Waals surface area contributed by atoms with Crippen LogP contribution in [0, 0.1) is 5.41 Å². The number of carbonyl (C=O) groups excluding carboxylic acids is 2. The molecule has 1 unspecified atom stereocenters. The zero-order valence-electron chi connectivity index (χ0n) is 22.3.